The predicted molar refractivity (Wildman–Crippen MR) is 211 cm³/mol. The third-order valence-electron chi connectivity index (χ3n) is 8.58. The molecule has 58 heavy (non-hydrogen) atoms. The number of alkyl carbamates (subject to hydrolysis) is 1. The summed E-state index contributed by atoms with van der Waals surface area (Å²) in [5, 5.41) is 6.56. The number of ether oxygens (including phenoxy) is 1. The SMILES string of the molecule is CC.CC(C)CCC(NC(=O)C1CCCN1C(=O)C(NC(=O)OC(C)(C)C(F)(F)F)C(C)C)C(=O)C(=O)N(F)CC(=O)NC(C(=O)N(C)C)c1ccccc1.ClCCl. The Morgan fingerprint density at radius 2 is 1.47 bits per heavy atom. The number of amides is 6. The Morgan fingerprint density at radius 3 is 1.95 bits per heavy atom. The van der Waals surface area contributed by atoms with Crippen molar-refractivity contribution in [1.29, 1.82) is 0 Å². The van der Waals surface area contributed by atoms with Crippen LogP contribution in [0.5, 0.6) is 0 Å². The first-order valence-corrected chi connectivity index (χ1v) is 19.8. The number of Topliss-reactive ketones (excluding diaryl/α,β-unsaturated/α-hetero) is 1. The zero-order chi connectivity index (χ0) is 45.1. The average molecular weight is 874 g/mol. The molecule has 0 aliphatic carbocycles. The van der Waals surface area contributed by atoms with E-state index in [0.29, 0.717) is 32.3 Å². The Kier molecular flexibility index (Phi) is 23.5. The van der Waals surface area contributed by atoms with Gasteiger partial charge in [0.05, 0.1) is 11.4 Å². The highest BCUT2D eigenvalue weighted by Crippen LogP contribution is 2.33. The monoisotopic (exact) mass is 872 g/mol. The van der Waals surface area contributed by atoms with Gasteiger partial charge in [-0.3, -0.25) is 28.8 Å². The number of nitrogens with zero attached hydrogens (tertiary/aromatic N) is 3. The number of alkyl halides is 5. The van der Waals surface area contributed by atoms with Crippen LogP contribution in [-0.2, 0) is 33.5 Å². The normalized spacial score (nSPS) is 15.3. The van der Waals surface area contributed by atoms with Gasteiger partial charge in [-0.15, -0.1) is 23.2 Å². The molecule has 4 atom stereocenters. The van der Waals surface area contributed by atoms with E-state index >= 15 is 4.48 Å². The molecule has 330 valence electrons. The van der Waals surface area contributed by atoms with E-state index in [2.05, 4.69) is 20.7 Å². The number of hydrogen-bond donors (Lipinski definition) is 3. The first-order chi connectivity index (χ1) is 26.9. The quantitative estimate of drug-likeness (QED) is 0.0826. The van der Waals surface area contributed by atoms with Gasteiger partial charge in [-0.1, -0.05) is 76.4 Å². The summed E-state index contributed by atoms with van der Waals surface area (Å²) in [4.78, 5) is 93.8. The molecule has 1 fully saturated rings. The molecule has 6 amide bonds. The van der Waals surface area contributed by atoms with Crippen LogP contribution in [0, 0.1) is 11.8 Å². The lowest BCUT2D eigenvalue weighted by Crippen LogP contribution is -2.58. The fourth-order valence-electron chi connectivity index (χ4n) is 5.34. The van der Waals surface area contributed by atoms with Crippen LogP contribution in [0.1, 0.15) is 92.7 Å². The summed E-state index contributed by atoms with van der Waals surface area (Å²) in [6, 6.07) is 2.74. The zero-order valence-electron chi connectivity index (χ0n) is 34.7. The fraction of sp³-hybridized carbons (Fsp3) is 0.658. The largest absolute Gasteiger partial charge is 0.434 e. The number of hydrogen-bond acceptors (Lipinski definition) is 8. The molecule has 0 radical (unpaired) electrons. The first-order valence-electron chi connectivity index (χ1n) is 18.8. The molecule has 1 heterocycles. The number of rotatable bonds is 16. The average Bonchev–Trinajstić information content (AvgIpc) is 3.64. The lowest BCUT2D eigenvalue weighted by molar-refractivity contribution is -0.244. The minimum absolute atomic E-state index is 0.0155. The van der Waals surface area contributed by atoms with E-state index in [0.717, 1.165) is 4.90 Å². The third-order valence-corrected chi connectivity index (χ3v) is 8.58. The molecule has 1 saturated heterocycles. The number of ketones is 1. The molecule has 2 rings (SSSR count). The number of nitrogens with one attached hydrogen (secondary N) is 3. The van der Waals surface area contributed by atoms with Crippen LogP contribution < -0.4 is 16.0 Å². The molecule has 3 N–H and O–H groups in total. The van der Waals surface area contributed by atoms with E-state index in [-0.39, 0.29) is 30.6 Å². The number of likely N-dealkylation sites (tertiary alicyclic amines) is 1. The van der Waals surface area contributed by atoms with E-state index < -0.39 is 94.9 Å². The summed E-state index contributed by atoms with van der Waals surface area (Å²) >= 11 is 9.53. The standard InChI is InChI=1S/C35H50F4N6O8.C2H6.CH2Cl2/c1-20(2)16-17-23(28(47)32(51)45(39)19-25(46)41-27(30(49)43(7)8)22-13-10-9-11-14-22)40-29(48)24-15-12-18-44(24)31(50)26(21(3)4)42-33(52)53-34(5,6)35(36,37)38;1-2;2-1-3/h9-11,13-14,20-21,23-24,26-27H,12,15-19H2,1-8H3,(H,40,48)(H,41,46)(H,42,52);1-2H3;1H2. The highest BCUT2D eigenvalue weighted by molar-refractivity contribution is 6.40. The number of halogens is 6. The van der Waals surface area contributed by atoms with E-state index in [4.69, 9.17) is 23.2 Å². The van der Waals surface area contributed by atoms with E-state index in [1.54, 1.807) is 30.3 Å². The molecule has 0 aromatic heterocycles. The summed E-state index contributed by atoms with van der Waals surface area (Å²) in [6.07, 6.45) is -5.76. The maximum absolute atomic E-state index is 15.1. The van der Waals surface area contributed by atoms with Crippen molar-refractivity contribution >= 4 is 64.6 Å². The number of carbonyl (C=O) groups excluding carboxylic acids is 7. The van der Waals surface area contributed by atoms with Gasteiger partial charge in [-0.05, 0) is 56.9 Å². The Balaban J connectivity index is 0.00000619. The van der Waals surface area contributed by atoms with Gasteiger partial charge in [-0.25, -0.2) is 4.79 Å². The predicted octanol–water partition coefficient (Wildman–Crippen LogP) is 5.67. The van der Waals surface area contributed by atoms with Crippen molar-refractivity contribution in [3.8, 4) is 0 Å². The van der Waals surface area contributed by atoms with Crippen LogP contribution in [-0.4, -0.2) is 119 Å². The molecule has 1 aliphatic heterocycles. The Morgan fingerprint density at radius 1 is 0.914 bits per heavy atom. The third kappa shape index (κ3) is 17.0. The van der Waals surface area contributed by atoms with Crippen LogP contribution in [0.4, 0.5) is 22.4 Å². The van der Waals surface area contributed by atoms with Gasteiger partial charge in [0.15, 0.2) is 0 Å². The van der Waals surface area contributed by atoms with Crippen LogP contribution in [0.15, 0.2) is 30.3 Å². The summed E-state index contributed by atoms with van der Waals surface area (Å²) in [5.74, 6) is -7.03. The van der Waals surface area contributed by atoms with Gasteiger partial charge in [0, 0.05) is 20.6 Å². The molecule has 0 bridgehead atoms. The lowest BCUT2D eigenvalue weighted by atomic mass is 9.99. The van der Waals surface area contributed by atoms with E-state index in [1.165, 1.54) is 32.8 Å². The molecule has 1 aromatic rings. The minimum atomic E-state index is -4.89. The minimum Gasteiger partial charge on any atom is -0.434 e. The maximum atomic E-state index is 15.1. The molecule has 0 saturated carbocycles. The van der Waals surface area contributed by atoms with E-state index in [9.17, 15) is 46.7 Å². The highest BCUT2D eigenvalue weighted by Gasteiger charge is 2.51. The van der Waals surface area contributed by atoms with Crippen molar-refractivity contribution in [1.82, 2.24) is 30.9 Å². The summed E-state index contributed by atoms with van der Waals surface area (Å²) in [7, 11) is 2.92. The summed E-state index contributed by atoms with van der Waals surface area (Å²) in [5.41, 5.74) is -2.47. The Labute approximate surface area is 347 Å². The Bertz CT molecular complexity index is 1520. The molecule has 20 heteroatoms. The van der Waals surface area contributed by atoms with E-state index in [1.807, 2.05) is 27.7 Å². The van der Waals surface area contributed by atoms with Crippen molar-refractivity contribution in [2.45, 2.75) is 117 Å². The highest BCUT2D eigenvalue weighted by atomic mass is 35.5. The van der Waals surface area contributed by atoms with Crippen molar-refractivity contribution in [3.05, 3.63) is 35.9 Å². The van der Waals surface area contributed by atoms with Gasteiger partial charge in [0.25, 0.3) is 0 Å². The van der Waals surface area contributed by atoms with Crippen molar-refractivity contribution in [2.75, 3.05) is 32.5 Å². The molecular formula is C38H58Cl2F4N6O8. The van der Waals surface area contributed by atoms with Gasteiger partial charge < -0.3 is 30.5 Å². The van der Waals surface area contributed by atoms with Crippen LogP contribution in [0.3, 0.4) is 0 Å². The fourth-order valence-corrected chi connectivity index (χ4v) is 5.34. The maximum Gasteiger partial charge on any atom is 0.427 e. The number of carbonyl (C=O) groups is 7. The van der Waals surface area contributed by atoms with Crippen LogP contribution in [0.2, 0.25) is 0 Å². The topological polar surface area (TPSA) is 175 Å². The second-order valence-electron chi connectivity index (χ2n) is 14.4. The second-order valence-corrected chi connectivity index (χ2v) is 15.2. The zero-order valence-corrected chi connectivity index (χ0v) is 36.2. The van der Waals surface area contributed by atoms with Crippen LogP contribution in [0.25, 0.3) is 0 Å². The summed E-state index contributed by atoms with van der Waals surface area (Å²) < 4.78 is 59.5. The van der Waals surface area contributed by atoms with Crippen molar-refractivity contribution < 1.29 is 56.0 Å². The Hall–Kier alpha value is -4.19. The number of benzene rings is 1. The first kappa shape index (κ1) is 53.8. The van der Waals surface area contributed by atoms with Gasteiger partial charge in [0.2, 0.25) is 35.0 Å². The molecular weight excluding hydrogens is 815 g/mol. The molecule has 1 aromatic carbocycles. The van der Waals surface area contributed by atoms with Crippen LogP contribution >= 0.6 is 23.2 Å². The van der Waals surface area contributed by atoms with Gasteiger partial charge in [0.1, 0.15) is 24.7 Å². The van der Waals surface area contributed by atoms with Crippen molar-refractivity contribution in [2.24, 2.45) is 11.8 Å². The number of likely N-dealkylation sites (N-methyl/N-ethyl adjacent to an activating group) is 1. The lowest BCUT2D eigenvalue weighted by Gasteiger charge is -2.32. The molecule has 4 unspecified atom stereocenters. The van der Waals surface area contributed by atoms with Crippen molar-refractivity contribution in [3.63, 3.8) is 0 Å². The van der Waals surface area contributed by atoms with Gasteiger partial charge >= 0.3 is 18.2 Å². The molecule has 14 nitrogen and oxygen atoms in total. The summed E-state index contributed by atoms with van der Waals surface area (Å²) in [6.45, 7) is 10.8. The molecule has 0 spiro atoms. The molecule has 1 aliphatic rings. The second kappa shape index (κ2) is 25.3. The smallest absolute Gasteiger partial charge is 0.427 e. The van der Waals surface area contributed by atoms with Gasteiger partial charge in [-0.2, -0.15) is 18.3 Å².